The molecule has 1 N–H and O–H groups in total. The SMILES string of the molecule is CCCCCC(NCC)c1ccc(Br)c(Cl)c1F. The monoisotopic (exact) mass is 335 g/mol. The van der Waals surface area contributed by atoms with Crippen LogP contribution in [0.25, 0.3) is 0 Å². The number of unbranched alkanes of at least 4 members (excludes halogenated alkanes) is 2. The summed E-state index contributed by atoms with van der Waals surface area (Å²) >= 11 is 9.18. The Hall–Kier alpha value is -0.120. The van der Waals surface area contributed by atoms with Crippen molar-refractivity contribution in [3.8, 4) is 0 Å². The van der Waals surface area contributed by atoms with Crippen LogP contribution >= 0.6 is 27.5 Å². The highest BCUT2D eigenvalue weighted by atomic mass is 79.9. The van der Waals surface area contributed by atoms with E-state index in [9.17, 15) is 4.39 Å². The Bertz CT molecular complexity index is 384. The lowest BCUT2D eigenvalue weighted by Gasteiger charge is -2.19. The second-order valence-electron chi connectivity index (χ2n) is 4.37. The fourth-order valence-corrected chi connectivity index (χ4v) is 2.50. The molecule has 1 aromatic carbocycles. The molecule has 0 heterocycles. The van der Waals surface area contributed by atoms with Crippen molar-refractivity contribution in [1.29, 1.82) is 0 Å². The van der Waals surface area contributed by atoms with E-state index in [0.29, 0.717) is 10.0 Å². The standard InChI is InChI=1S/C14H20BrClFN/c1-3-5-6-7-12(18-4-2)10-8-9-11(15)13(16)14(10)17/h8-9,12,18H,3-7H2,1-2H3. The number of nitrogens with one attached hydrogen (secondary N) is 1. The van der Waals surface area contributed by atoms with Gasteiger partial charge in [0.2, 0.25) is 0 Å². The van der Waals surface area contributed by atoms with Crippen LogP contribution in [0.3, 0.4) is 0 Å². The zero-order chi connectivity index (χ0) is 13.5. The van der Waals surface area contributed by atoms with Gasteiger partial charge in [-0.2, -0.15) is 0 Å². The van der Waals surface area contributed by atoms with Crippen molar-refractivity contribution in [2.24, 2.45) is 0 Å². The molecule has 0 spiro atoms. The number of hydrogen-bond donors (Lipinski definition) is 1. The van der Waals surface area contributed by atoms with Gasteiger partial charge in [-0.3, -0.25) is 0 Å². The van der Waals surface area contributed by atoms with E-state index in [-0.39, 0.29) is 16.9 Å². The summed E-state index contributed by atoms with van der Waals surface area (Å²) in [6.07, 6.45) is 4.38. The maximum absolute atomic E-state index is 14.1. The molecule has 0 radical (unpaired) electrons. The molecule has 0 aliphatic heterocycles. The Morgan fingerprint density at radius 2 is 2.06 bits per heavy atom. The topological polar surface area (TPSA) is 12.0 Å². The fraction of sp³-hybridized carbons (Fsp3) is 0.571. The van der Waals surface area contributed by atoms with Gasteiger partial charge in [-0.25, -0.2) is 4.39 Å². The van der Waals surface area contributed by atoms with E-state index in [1.54, 1.807) is 0 Å². The molecule has 1 nitrogen and oxygen atoms in total. The molecule has 0 aromatic heterocycles. The minimum Gasteiger partial charge on any atom is -0.310 e. The first-order valence-electron chi connectivity index (χ1n) is 6.48. The molecule has 4 heteroatoms. The highest BCUT2D eigenvalue weighted by Gasteiger charge is 2.18. The van der Waals surface area contributed by atoms with Crippen molar-refractivity contribution in [3.05, 3.63) is 33.0 Å². The molecule has 1 aromatic rings. The third-order valence-electron chi connectivity index (χ3n) is 2.99. The molecular weight excluding hydrogens is 317 g/mol. The fourth-order valence-electron chi connectivity index (χ4n) is 2.02. The highest BCUT2D eigenvalue weighted by Crippen LogP contribution is 2.32. The van der Waals surface area contributed by atoms with Gasteiger partial charge >= 0.3 is 0 Å². The Morgan fingerprint density at radius 1 is 1.33 bits per heavy atom. The molecule has 0 saturated heterocycles. The van der Waals surface area contributed by atoms with Crippen LogP contribution in [0.15, 0.2) is 16.6 Å². The van der Waals surface area contributed by atoms with Crippen molar-refractivity contribution < 1.29 is 4.39 Å². The average molecular weight is 337 g/mol. The molecule has 0 saturated carbocycles. The molecule has 0 bridgehead atoms. The van der Waals surface area contributed by atoms with E-state index in [2.05, 4.69) is 28.2 Å². The van der Waals surface area contributed by atoms with Crippen LogP contribution in [-0.4, -0.2) is 6.54 Å². The van der Waals surface area contributed by atoms with Gasteiger partial charge in [0.25, 0.3) is 0 Å². The largest absolute Gasteiger partial charge is 0.310 e. The van der Waals surface area contributed by atoms with Gasteiger partial charge in [-0.1, -0.05) is 50.8 Å². The molecule has 0 fully saturated rings. The van der Waals surface area contributed by atoms with E-state index >= 15 is 0 Å². The molecule has 102 valence electrons. The molecule has 1 rings (SSSR count). The zero-order valence-electron chi connectivity index (χ0n) is 10.9. The predicted molar refractivity (Wildman–Crippen MR) is 79.7 cm³/mol. The minimum absolute atomic E-state index is 0.0483. The minimum atomic E-state index is -0.312. The summed E-state index contributed by atoms with van der Waals surface area (Å²) in [6.45, 7) is 5.02. The molecule has 18 heavy (non-hydrogen) atoms. The van der Waals surface area contributed by atoms with Gasteiger partial charge in [0, 0.05) is 16.1 Å². The predicted octanol–water partition coefficient (Wildman–Crippen LogP) is 5.47. The van der Waals surface area contributed by atoms with Gasteiger partial charge in [0.15, 0.2) is 0 Å². The smallest absolute Gasteiger partial charge is 0.147 e. The first-order chi connectivity index (χ1) is 8.61. The van der Waals surface area contributed by atoms with Crippen molar-refractivity contribution in [1.82, 2.24) is 5.32 Å². The second-order valence-corrected chi connectivity index (χ2v) is 5.60. The third-order valence-corrected chi connectivity index (χ3v) is 4.25. The number of hydrogen-bond acceptors (Lipinski definition) is 1. The quantitative estimate of drug-likeness (QED) is 0.514. The van der Waals surface area contributed by atoms with E-state index in [1.165, 1.54) is 12.8 Å². The summed E-state index contributed by atoms with van der Waals surface area (Å²) in [5, 5.41) is 3.50. The van der Waals surface area contributed by atoms with Crippen molar-refractivity contribution in [3.63, 3.8) is 0 Å². The lowest BCUT2D eigenvalue weighted by Crippen LogP contribution is -2.22. The summed E-state index contributed by atoms with van der Waals surface area (Å²) in [5.74, 6) is -0.312. The van der Waals surface area contributed by atoms with Crippen LogP contribution in [0.4, 0.5) is 4.39 Å². The number of rotatable bonds is 7. The molecule has 0 amide bonds. The van der Waals surface area contributed by atoms with Crippen LogP contribution in [0, 0.1) is 5.82 Å². The number of halogens is 3. The molecular formula is C14H20BrClFN. The van der Waals surface area contributed by atoms with Gasteiger partial charge in [0.05, 0.1) is 5.02 Å². The van der Waals surface area contributed by atoms with E-state index < -0.39 is 0 Å². The number of benzene rings is 1. The van der Waals surface area contributed by atoms with Crippen LogP contribution in [0.2, 0.25) is 5.02 Å². The lowest BCUT2D eigenvalue weighted by atomic mass is 10.00. The van der Waals surface area contributed by atoms with Crippen molar-refractivity contribution in [2.45, 2.75) is 45.6 Å². The van der Waals surface area contributed by atoms with E-state index in [0.717, 1.165) is 19.4 Å². The van der Waals surface area contributed by atoms with Gasteiger partial charge < -0.3 is 5.32 Å². The van der Waals surface area contributed by atoms with Crippen LogP contribution in [0.1, 0.15) is 51.1 Å². The van der Waals surface area contributed by atoms with Crippen LogP contribution < -0.4 is 5.32 Å². The summed E-state index contributed by atoms with van der Waals surface area (Å²) < 4.78 is 14.7. The molecule has 0 aliphatic carbocycles. The Kier molecular flexibility index (Phi) is 7.20. The summed E-state index contributed by atoms with van der Waals surface area (Å²) in [4.78, 5) is 0. The highest BCUT2D eigenvalue weighted by molar-refractivity contribution is 9.10. The maximum Gasteiger partial charge on any atom is 0.147 e. The molecule has 1 atom stereocenters. The van der Waals surface area contributed by atoms with Gasteiger partial charge in [-0.05, 0) is 35.0 Å². The second kappa shape index (κ2) is 8.13. The Balaban J connectivity index is 2.87. The van der Waals surface area contributed by atoms with Crippen molar-refractivity contribution in [2.75, 3.05) is 6.54 Å². The van der Waals surface area contributed by atoms with Gasteiger partial charge in [0.1, 0.15) is 5.82 Å². The summed E-state index contributed by atoms with van der Waals surface area (Å²) in [7, 11) is 0. The first-order valence-corrected chi connectivity index (χ1v) is 7.65. The van der Waals surface area contributed by atoms with E-state index in [1.807, 2.05) is 19.1 Å². The van der Waals surface area contributed by atoms with Gasteiger partial charge in [-0.15, -0.1) is 0 Å². The van der Waals surface area contributed by atoms with Crippen LogP contribution in [-0.2, 0) is 0 Å². The van der Waals surface area contributed by atoms with Crippen molar-refractivity contribution >= 4 is 27.5 Å². The summed E-state index contributed by atoms with van der Waals surface area (Å²) in [6, 6.07) is 3.67. The first kappa shape index (κ1) is 15.9. The Labute approximate surface area is 122 Å². The lowest BCUT2D eigenvalue weighted by molar-refractivity contribution is 0.464. The maximum atomic E-state index is 14.1. The van der Waals surface area contributed by atoms with E-state index in [4.69, 9.17) is 11.6 Å². The molecule has 0 aliphatic rings. The Morgan fingerprint density at radius 3 is 2.67 bits per heavy atom. The average Bonchev–Trinajstić information content (AvgIpc) is 2.36. The molecule has 1 unspecified atom stereocenters. The zero-order valence-corrected chi connectivity index (χ0v) is 13.2. The normalized spacial score (nSPS) is 12.7. The van der Waals surface area contributed by atoms with Crippen LogP contribution in [0.5, 0.6) is 0 Å². The summed E-state index contributed by atoms with van der Waals surface area (Å²) in [5.41, 5.74) is 0.668. The third kappa shape index (κ3) is 4.22.